The summed E-state index contributed by atoms with van der Waals surface area (Å²) in [6.45, 7) is 0. The number of Topliss-reactive ketones (excluding diaryl/α,β-unsaturated/α-hetero) is 2. The lowest BCUT2D eigenvalue weighted by atomic mass is 10.0. The number of ketones is 2. The highest BCUT2D eigenvalue weighted by molar-refractivity contribution is 6.49. The molecular weight excluding hydrogens is 274 g/mol. The Kier molecular flexibility index (Phi) is 5.76. The van der Waals surface area contributed by atoms with Crippen LogP contribution < -0.4 is 0 Å². The van der Waals surface area contributed by atoms with Gasteiger partial charge in [0.2, 0.25) is 11.6 Å². The lowest BCUT2D eigenvalue weighted by Gasteiger charge is -2.00. The van der Waals surface area contributed by atoms with Gasteiger partial charge >= 0.3 is 0 Å². The topological polar surface area (TPSA) is 47.0 Å². The zero-order chi connectivity index (χ0) is 15.6. The van der Waals surface area contributed by atoms with Gasteiger partial charge in [-0.05, 0) is 12.1 Å². The maximum absolute atomic E-state index is 12.3. The molecule has 1 heterocycles. The lowest BCUT2D eigenvalue weighted by molar-refractivity contribution is -0.111. The van der Waals surface area contributed by atoms with Crippen LogP contribution in [0.3, 0.4) is 0 Å². The van der Waals surface area contributed by atoms with Crippen molar-refractivity contribution in [3.8, 4) is 0 Å². The predicted molar refractivity (Wildman–Crippen MR) is 87.4 cm³/mol. The zero-order valence-corrected chi connectivity index (χ0v) is 11.9. The Hall–Kier alpha value is -3.07. The van der Waals surface area contributed by atoms with Gasteiger partial charge in [-0.25, -0.2) is 0 Å². The van der Waals surface area contributed by atoms with Crippen LogP contribution in [0.2, 0.25) is 0 Å². The number of pyridine rings is 1. The average Bonchev–Trinajstić information content (AvgIpc) is 2.55. The Bertz CT molecular complexity index is 717. The van der Waals surface area contributed by atoms with Crippen molar-refractivity contribution in [3.63, 3.8) is 0 Å². The van der Waals surface area contributed by atoms with Gasteiger partial charge in [-0.2, -0.15) is 0 Å². The molecule has 0 aliphatic heterocycles. The average molecular weight is 289 g/mol. The maximum atomic E-state index is 12.3. The number of hydrogen-bond acceptors (Lipinski definition) is 3. The molecule has 0 saturated heterocycles. The SMILES string of the molecule is O=C(C(=O)c1ccncc1)C1=C\C=C/C=C\C=C/C=C\C=C1. The van der Waals surface area contributed by atoms with Crippen LogP contribution in [-0.2, 0) is 4.79 Å². The van der Waals surface area contributed by atoms with Crippen molar-refractivity contribution in [1.29, 1.82) is 0 Å². The van der Waals surface area contributed by atoms with Crippen molar-refractivity contribution in [2.24, 2.45) is 0 Å². The molecule has 0 bridgehead atoms. The van der Waals surface area contributed by atoms with Crippen molar-refractivity contribution in [2.75, 3.05) is 0 Å². The molecule has 0 spiro atoms. The van der Waals surface area contributed by atoms with Gasteiger partial charge in [0.25, 0.3) is 0 Å². The summed E-state index contributed by atoms with van der Waals surface area (Å²) in [5, 5.41) is 0. The van der Waals surface area contributed by atoms with Gasteiger partial charge in [0.15, 0.2) is 0 Å². The molecule has 0 radical (unpaired) electrons. The van der Waals surface area contributed by atoms with Gasteiger partial charge in [0.1, 0.15) is 0 Å². The van der Waals surface area contributed by atoms with Gasteiger partial charge in [0, 0.05) is 23.5 Å². The summed E-state index contributed by atoms with van der Waals surface area (Å²) in [4.78, 5) is 28.4. The van der Waals surface area contributed by atoms with E-state index in [1.54, 1.807) is 36.5 Å². The Morgan fingerprint density at radius 3 is 1.86 bits per heavy atom. The predicted octanol–water partition coefficient (Wildman–Crippen LogP) is 3.55. The second-order valence-corrected chi connectivity index (χ2v) is 4.41. The molecule has 1 aromatic rings. The van der Waals surface area contributed by atoms with E-state index in [0.717, 1.165) is 0 Å². The molecule has 0 amide bonds. The molecule has 0 saturated carbocycles. The van der Waals surface area contributed by atoms with E-state index in [-0.39, 0.29) is 0 Å². The van der Waals surface area contributed by atoms with Crippen molar-refractivity contribution < 1.29 is 9.59 Å². The number of carbonyl (C=O) groups is 2. The molecule has 1 aliphatic rings. The van der Waals surface area contributed by atoms with Gasteiger partial charge in [-0.3, -0.25) is 14.6 Å². The van der Waals surface area contributed by atoms with Gasteiger partial charge in [-0.15, -0.1) is 0 Å². The maximum Gasteiger partial charge on any atom is 0.233 e. The lowest BCUT2D eigenvalue weighted by Crippen LogP contribution is -2.15. The first-order chi connectivity index (χ1) is 10.8. The molecule has 108 valence electrons. The number of rotatable bonds is 3. The highest BCUT2D eigenvalue weighted by Crippen LogP contribution is 2.08. The number of nitrogens with zero attached hydrogens (tertiary/aromatic N) is 1. The van der Waals surface area contributed by atoms with Crippen LogP contribution >= 0.6 is 0 Å². The Labute approximate surface area is 129 Å². The van der Waals surface area contributed by atoms with Crippen LogP contribution in [0, 0.1) is 0 Å². The molecule has 22 heavy (non-hydrogen) atoms. The van der Waals surface area contributed by atoms with Crippen LogP contribution in [0.4, 0.5) is 0 Å². The number of aromatic nitrogens is 1. The standard InChI is InChI=1S/C19H15NO2/c21-18(19(22)17-12-14-20-15-13-17)16-10-8-6-4-2-1-3-5-7-9-11-16/h1-15H/b2-1-,3-1?,4-2?,5-3-,6-4-,7-5?,8-6?,9-7-,10-8?,11-9?,16-10?,16-11?. The second-order valence-electron chi connectivity index (χ2n) is 4.41. The van der Waals surface area contributed by atoms with Gasteiger partial charge in [-0.1, -0.05) is 66.8 Å². The van der Waals surface area contributed by atoms with Gasteiger partial charge in [0.05, 0.1) is 0 Å². The molecule has 1 aliphatic carbocycles. The third-order valence-electron chi connectivity index (χ3n) is 2.85. The summed E-state index contributed by atoms with van der Waals surface area (Å²) >= 11 is 0. The van der Waals surface area contributed by atoms with E-state index in [1.165, 1.54) is 24.5 Å². The normalized spacial score (nSPS) is 19.9. The van der Waals surface area contributed by atoms with E-state index >= 15 is 0 Å². The molecule has 3 nitrogen and oxygen atoms in total. The van der Waals surface area contributed by atoms with E-state index in [4.69, 9.17) is 0 Å². The fraction of sp³-hybridized carbons (Fsp3) is 0. The number of carbonyl (C=O) groups excluding carboxylic acids is 2. The van der Waals surface area contributed by atoms with Crippen LogP contribution in [0.1, 0.15) is 10.4 Å². The fourth-order valence-electron chi connectivity index (χ4n) is 1.74. The second kappa shape index (κ2) is 8.27. The monoisotopic (exact) mass is 289 g/mol. The Morgan fingerprint density at radius 1 is 0.682 bits per heavy atom. The van der Waals surface area contributed by atoms with Crippen LogP contribution in [0.5, 0.6) is 0 Å². The molecular formula is C19H15NO2. The minimum atomic E-state index is -0.544. The summed E-state index contributed by atoms with van der Waals surface area (Å²) in [6, 6.07) is 3.06. The van der Waals surface area contributed by atoms with E-state index in [2.05, 4.69) is 4.98 Å². The zero-order valence-electron chi connectivity index (χ0n) is 11.9. The summed E-state index contributed by atoms with van der Waals surface area (Å²) in [7, 11) is 0. The quantitative estimate of drug-likeness (QED) is 0.631. The van der Waals surface area contributed by atoms with E-state index in [1.807, 2.05) is 30.4 Å². The Morgan fingerprint density at radius 2 is 1.23 bits per heavy atom. The molecule has 2 rings (SSSR count). The minimum Gasteiger partial charge on any atom is -0.285 e. The van der Waals surface area contributed by atoms with Crippen molar-refractivity contribution >= 4 is 11.6 Å². The Balaban J connectivity index is 2.27. The van der Waals surface area contributed by atoms with Crippen LogP contribution in [0.15, 0.2) is 96.9 Å². The minimum absolute atomic E-state index is 0.334. The van der Waals surface area contributed by atoms with E-state index in [0.29, 0.717) is 11.1 Å². The van der Waals surface area contributed by atoms with Gasteiger partial charge < -0.3 is 0 Å². The van der Waals surface area contributed by atoms with Crippen molar-refractivity contribution in [1.82, 2.24) is 4.98 Å². The number of hydrogen-bond donors (Lipinski definition) is 0. The first-order valence-corrected chi connectivity index (χ1v) is 6.83. The van der Waals surface area contributed by atoms with Crippen LogP contribution in [-0.4, -0.2) is 16.6 Å². The highest BCUT2D eigenvalue weighted by Gasteiger charge is 2.18. The third kappa shape index (κ3) is 4.49. The fourth-order valence-corrected chi connectivity index (χ4v) is 1.74. The number of allylic oxidation sites excluding steroid dienone is 12. The molecule has 0 atom stereocenters. The molecule has 0 unspecified atom stereocenters. The molecule has 0 aromatic carbocycles. The summed E-state index contributed by atoms with van der Waals surface area (Å²) < 4.78 is 0. The smallest absolute Gasteiger partial charge is 0.233 e. The molecule has 0 N–H and O–H groups in total. The van der Waals surface area contributed by atoms with Crippen molar-refractivity contribution in [3.05, 3.63) is 102 Å². The van der Waals surface area contributed by atoms with Crippen LogP contribution in [0.25, 0.3) is 0 Å². The van der Waals surface area contributed by atoms with E-state index in [9.17, 15) is 9.59 Å². The first kappa shape index (κ1) is 15.3. The molecule has 3 heteroatoms. The van der Waals surface area contributed by atoms with E-state index < -0.39 is 11.6 Å². The summed E-state index contributed by atoms with van der Waals surface area (Å²) in [5.41, 5.74) is 0.670. The summed E-state index contributed by atoms with van der Waals surface area (Å²) in [5.74, 6) is -1.09. The molecule has 1 aromatic heterocycles. The third-order valence-corrected chi connectivity index (χ3v) is 2.85. The first-order valence-electron chi connectivity index (χ1n) is 6.83. The summed E-state index contributed by atoms with van der Waals surface area (Å²) in [6.07, 6.45) is 22.6. The largest absolute Gasteiger partial charge is 0.285 e. The van der Waals surface area contributed by atoms with Crippen molar-refractivity contribution in [2.45, 2.75) is 0 Å². The highest BCUT2D eigenvalue weighted by atomic mass is 16.2. The molecule has 0 fully saturated rings.